The number of aliphatic hydroxyl groups excluding tert-OH is 1. The quantitative estimate of drug-likeness (QED) is 0.877. The third-order valence-corrected chi connectivity index (χ3v) is 5.40. The van der Waals surface area contributed by atoms with Gasteiger partial charge in [-0.2, -0.15) is 0 Å². The summed E-state index contributed by atoms with van der Waals surface area (Å²) in [6, 6.07) is 3.22. The van der Waals surface area contributed by atoms with Gasteiger partial charge in [0.25, 0.3) is 0 Å². The molecule has 21 heavy (non-hydrogen) atoms. The Hall–Kier alpha value is -0.970. The highest BCUT2D eigenvalue weighted by Crippen LogP contribution is 2.45. The van der Waals surface area contributed by atoms with Gasteiger partial charge in [-0.25, -0.2) is 0 Å². The summed E-state index contributed by atoms with van der Waals surface area (Å²) in [4.78, 5) is 14.0. The van der Waals surface area contributed by atoms with Gasteiger partial charge < -0.3 is 15.1 Å². The van der Waals surface area contributed by atoms with Crippen molar-refractivity contribution in [1.82, 2.24) is 4.90 Å². The Bertz CT molecular complexity index is 578. The van der Waals surface area contributed by atoms with Gasteiger partial charge in [-0.15, -0.1) is 0 Å². The van der Waals surface area contributed by atoms with Crippen molar-refractivity contribution >= 4 is 29.1 Å². The molecule has 1 aromatic carbocycles. The third-order valence-electron chi connectivity index (χ3n) is 4.58. The molecular weight excluding hydrogens is 313 g/mol. The van der Waals surface area contributed by atoms with Crippen LogP contribution in [0.5, 0.6) is 5.75 Å². The molecule has 4 nitrogen and oxygen atoms in total. The highest BCUT2D eigenvalue weighted by molar-refractivity contribution is 6.42. The van der Waals surface area contributed by atoms with Gasteiger partial charge in [0.1, 0.15) is 5.75 Å². The number of carbonyl (C=O) groups is 1. The number of halogens is 2. The minimum absolute atomic E-state index is 0.0115. The first-order valence-corrected chi connectivity index (χ1v) is 7.84. The smallest absolute Gasteiger partial charge is 0.223 e. The molecule has 0 saturated carbocycles. The zero-order valence-corrected chi connectivity index (χ0v) is 12.9. The minimum atomic E-state index is -0.0115. The maximum atomic E-state index is 12.2. The molecule has 0 unspecified atom stereocenters. The zero-order chi connectivity index (χ0) is 15.1. The number of piperidine rings is 1. The van der Waals surface area contributed by atoms with Crippen LogP contribution < -0.4 is 0 Å². The van der Waals surface area contributed by atoms with E-state index in [4.69, 9.17) is 23.2 Å². The Balaban J connectivity index is 1.88. The van der Waals surface area contributed by atoms with Crippen LogP contribution in [0.2, 0.25) is 10.0 Å². The van der Waals surface area contributed by atoms with Crippen LogP contribution in [0, 0.1) is 5.92 Å². The third kappa shape index (κ3) is 2.60. The minimum Gasteiger partial charge on any atom is -0.508 e. The molecule has 2 aliphatic heterocycles. The van der Waals surface area contributed by atoms with Crippen LogP contribution in [0.3, 0.4) is 0 Å². The van der Waals surface area contributed by atoms with Gasteiger partial charge in [0.2, 0.25) is 5.91 Å². The van der Waals surface area contributed by atoms with E-state index in [9.17, 15) is 15.0 Å². The maximum absolute atomic E-state index is 12.2. The molecule has 1 amide bonds. The van der Waals surface area contributed by atoms with E-state index in [1.807, 2.05) is 4.90 Å². The van der Waals surface area contributed by atoms with Crippen molar-refractivity contribution in [2.45, 2.75) is 31.2 Å². The molecule has 0 bridgehead atoms. The van der Waals surface area contributed by atoms with Crippen molar-refractivity contribution in [2.24, 2.45) is 5.92 Å². The summed E-state index contributed by atoms with van der Waals surface area (Å²) >= 11 is 12.3. The lowest BCUT2D eigenvalue weighted by molar-refractivity contribution is -0.137. The van der Waals surface area contributed by atoms with Gasteiger partial charge in [-0.1, -0.05) is 23.2 Å². The van der Waals surface area contributed by atoms with E-state index in [1.54, 1.807) is 12.1 Å². The van der Waals surface area contributed by atoms with Gasteiger partial charge in [-0.05, 0) is 30.9 Å². The van der Waals surface area contributed by atoms with Crippen molar-refractivity contribution in [3.63, 3.8) is 0 Å². The molecule has 2 heterocycles. The lowest BCUT2D eigenvalue weighted by Crippen LogP contribution is -2.43. The molecule has 0 aliphatic carbocycles. The van der Waals surface area contributed by atoms with Crippen LogP contribution >= 0.6 is 23.2 Å². The van der Waals surface area contributed by atoms with E-state index in [0.29, 0.717) is 28.6 Å². The van der Waals surface area contributed by atoms with Crippen LogP contribution in [-0.2, 0) is 4.79 Å². The largest absolute Gasteiger partial charge is 0.508 e. The molecule has 0 radical (unpaired) electrons. The van der Waals surface area contributed by atoms with E-state index in [2.05, 4.69) is 0 Å². The number of amides is 1. The Morgan fingerprint density at radius 1 is 1.29 bits per heavy atom. The maximum Gasteiger partial charge on any atom is 0.223 e. The van der Waals surface area contributed by atoms with Gasteiger partial charge in [0, 0.05) is 37.1 Å². The fraction of sp³-hybridized carbons (Fsp3) is 0.533. The molecule has 2 aliphatic rings. The van der Waals surface area contributed by atoms with Gasteiger partial charge >= 0.3 is 0 Å². The number of nitrogens with zero attached hydrogens (tertiary/aromatic N) is 1. The fourth-order valence-corrected chi connectivity index (χ4v) is 4.05. The molecule has 0 spiro atoms. The number of hydrogen-bond donors (Lipinski definition) is 2. The summed E-state index contributed by atoms with van der Waals surface area (Å²) in [7, 11) is 0. The first-order valence-electron chi connectivity index (χ1n) is 7.08. The summed E-state index contributed by atoms with van der Waals surface area (Å²) in [5.74, 6) is 0.231. The standard InChI is InChI=1S/C15H17Cl2NO3/c16-11-1-2-12(20)14(15(11)17)9-5-10-3-8(7-19)4-13(21)18(10)6-9/h1-2,8-10,19-20H,3-7H2/t8-,9-,10+/m0/s1. The van der Waals surface area contributed by atoms with Crippen molar-refractivity contribution < 1.29 is 15.0 Å². The first kappa shape index (κ1) is 14.9. The molecule has 2 N–H and O–H groups in total. The van der Waals surface area contributed by atoms with Crippen molar-refractivity contribution in [3.8, 4) is 5.75 Å². The number of benzene rings is 1. The molecule has 0 aromatic heterocycles. The molecular formula is C15H17Cl2NO3. The Morgan fingerprint density at radius 2 is 2.05 bits per heavy atom. The lowest BCUT2D eigenvalue weighted by Gasteiger charge is -2.33. The van der Waals surface area contributed by atoms with E-state index in [1.165, 1.54) is 0 Å². The van der Waals surface area contributed by atoms with E-state index in [-0.39, 0.29) is 36.1 Å². The second kappa shape index (κ2) is 5.67. The van der Waals surface area contributed by atoms with Crippen LogP contribution in [0.1, 0.15) is 30.7 Å². The molecule has 3 atom stereocenters. The van der Waals surface area contributed by atoms with Crippen LogP contribution in [-0.4, -0.2) is 40.2 Å². The number of phenolic OH excluding ortho intramolecular Hbond substituents is 1. The normalized spacial score (nSPS) is 28.8. The summed E-state index contributed by atoms with van der Waals surface area (Å²) in [6.45, 7) is 0.596. The predicted octanol–water partition coefficient (Wildman–Crippen LogP) is 2.79. The molecule has 2 fully saturated rings. The second-order valence-corrected chi connectivity index (χ2v) is 6.70. The molecule has 1 aromatic rings. The number of rotatable bonds is 2. The highest BCUT2D eigenvalue weighted by Gasteiger charge is 2.42. The summed E-state index contributed by atoms with van der Waals surface area (Å²) in [5, 5.41) is 20.2. The van der Waals surface area contributed by atoms with E-state index < -0.39 is 0 Å². The lowest BCUT2D eigenvalue weighted by atomic mass is 9.89. The Morgan fingerprint density at radius 3 is 2.76 bits per heavy atom. The van der Waals surface area contributed by atoms with E-state index >= 15 is 0 Å². The molecule has 6 heteroatoms. The topological polar surface area (TPSA) is 60.8 Å². The average Bonchev–Trinajstić information content (AvgIpc) is 2.87. The number of aromatic hydroxyl groups is 1. The number of phenols is 1. The van der Waals surface area contributed by atoms with Gasteiger partial charge in [0.15, 0.2) is 0 Å². The number of carbonyl (C=O) groups excluding carboxylic acids is 1. The fourth-order valence-electron chi connectivity index (χ4n) is 3.57. The number of aliphatic hydroxyl groups is 1. The van der Waals surface area contributed by atoms with Crippen LogP contribution in [0.15, 0.2) is 12.1 Å². The van der Waals surface area contributed by atoms with Crippen molar-refractivity contribution in [2.75, 3.05) is 13.2 Å². The van der Waals surface area contributed by atoms with Crippen LogP contribution in [0.4, 0.5) is 0 Å². The summed E-state index contributed by atoms with van der Waals surface area (Å²) in [5.41, 5.74) is 0.631. The number of hydrogen-bond acceptors (Lipinski definition) is 3. The summed E-state index contributed by atoms with van der Waals surface area (Å²) in [6.07, 6.45) is 1.95. The highest BCUT2D eigenvalue weighted by atomic mass is 35.5. The molecule has 3 rings (SSSR count). The second-order valence-electron chi connectivity index (χ2n) is 5.92. The molecule has 2 saturated heterocycles. The van der Waals surface area contributed by atoms with Crippen molar-refractivity contribution in [1.29, 1.82) is 0 Å². The molecule has 114 valence electrons. The zero-order valence-electron chi connectivity index (χ0n) is 11.4. The Kier molecular flexibility index (Phi) is 4.04. The van der Waals surface area contributed by atoms with Gasteiger partial charge in [-0.3, -0.25) is 4.79 Å². The first-order chi connectivity index (χ1) is 10.0. The van der Waals surface area contributed by atoms with Crippen LogP contribution in [0.25, 0.3) is 0 Å². The summed E-state index contributed by atoms with van der Waals surface area (Å²) < 4.78 is 0. The SMILES string of the molecule is O=C1C[C@@H](CO)C[C@@H]2C[C@H](c3c(O)ccc(Cl)c3Cl)CN12. The van der Waals surface area contributed by atoms with E-state index in [0.717, 1.165) is 12.8 Å². The average molecular weight is 330 g/mol. The monoisotopic (exact) mass is 329 g/mol. The van der Waals surface area contributed by atoms with Crippen molar-refractivity contribution in [3.05, 3.63) is 27.7 Å². The Labute approximate surface area is 133 Å². The number of fused-ring (bicyclic) bond motifs is 1. The van der Waals surface area contributed by atoms with Gasteiger partial charge in [0.05, 0.1) is 10.0 Å². The predicted molar refractivity (Wildman–Crippen MR) is 80.8 cm³/mol.